The van der Waals surface area contributed by atoms with E-state index in [1.54, 1.807) is 17.4 Å². The van der Waals surface area contributed by atoms with Gasteiger partial charge in [0.2, 0.25) is 5.91 Å². The zero-order valence-electron chi connectivity index (χ0n) is 14.2. The van der Waals surface area contributed by atoms with Gasteiger partial charge in [0.05, 0.1) is 10.9 Å². The van der Waals surface area contributed by atoms with Crippen LogP contribution in [0.4, 0.5) is 0 Å². The van der Waals surface area contributed by atoms with Crippen LogP contribution in [0, 0.1) is 0 Å². The summed E-state index contributed by atoms with van der Waals surface area (Å²) in [6.45, 7) is 6.70. The van der Waals surface area contributed by atoms with Crippen molar-refractivity contribution in [3.05, 3.63) is 44.8 Å². The van der Waals surface area contributed by atoms with Gasteiger partial charge in [-0.3, -0.25) is 14.5 Å². The molecular formula is C18H24N2O2S2. The highest BCUT2D eigenvalue weighted by atomic mass is 32.1. The molecular weight excluding hydrogens is 340 g/mol. The average molecular weight is 365 g/mol. The fourth-order valence-electron chi connectivity index (χ4n) is 2.67. The van der Waals surface area contributed by atoms with E-state index in [0.717, 1.165) is 18.0 Å². The smallest absolute Gasteiger partial charge is 0.220 e. The number of nitrogens with one attached hydrogen (secondary N) is 1. The number of amides is 1. The van der Waals surface area contributed by atoms with Crippen molar-refractivity contribution in [1.29, 1.82) is 0 Å². The van der Waals surface area contributed by atoms with Crippen LogP contribution in [-0.2, 0) is 4.79 Å². The standard InChI is InChI=1S/C18H24N2O2S2/c1-3-20(4-2)15(14-9-11-23-13-14)12-19-18(22)8-7-16(21)17-6-5-10-24-17/h5-6,9-11,13,15H,3-4,7-8,12H2,1-2H3,(H,19,22)/t15-/m1/s1. The Hall–Kier alpha value is -1.50. The van der Waals surface area contributed by atoms with Crippen LogP contribution in [0.5, 0.6) is 0 Å². The molecule has 0 saturated heterocycles. The number of thiophene rings is 2. The summed E-state index contributed by atoms with van der Waals surface area (Å²) in [6.07, 6.45) is 0.506. The third-order valence-corrected chi connectivity index (χ3v) is 5.66. The van der Waals surface area contributed by atoms with Crippen molar-refractivity contribution in [1.82, 2.24) is 10.2 Å². The molecule has 0 unspecified atom stereocenters. The number of carbonyl (C=O) groups excluding carboxylic acids is 2. The van der Waals surface area contributed by atoms with Gasteiger partial charge in [0.1, 0.15) is 0 Å². The number of ketones is 1. The zero-order chi connectivity index (χ0) is 17.4. The summed E-state index contributed by atoms with van der Waals surface area (Å²) in [5.74, 6) is -0.0226. The molecule has 0 aromatic carbocycles. The molecule has 0 fully saturated rings. The first-order valence-electron chi connectivity index (χ1n) is 8.25. The lowest BCUT2D eigenvalue weighted by Crippen LogP contribution is -2.38. The maximum absolute atomic E-state index is 12.1. The largest absolute Gasteiger partial charge is 0.354 e. The summed E-state index contributed by atoms with van der Waals surface area (Å²) >= 11 is 3.09. The summed E-state index contributed by atoms with van der Waals surface area (Å²) in [5.41, 5.74) is 1.23. The van der Waals surface area contributed by atoms with Crippen LogP contribution < -0.4 is 5.32 Å². The predicted octanol–water partition coefficient (Wildman–Crippen LogP) is 3.97. The SMILES string of the molecule is CCN(CC)[C@H](CNC(=O)CCC(=O)c1cccs1)c1ccsc1. The van der Waals surface area contributed by atoms with Crippen LogP contribution in [0.2, 0.25) is 0 Å². The molecule has 0 aliphatic heterocycles. The lowest BCUT2D eigenvalue weighted by Gasteiger charge is -2.29. The predicted molar refractivity (Wildman–Crippen MR) is 101 cm³/mol. The molecule has 24 heavy (non-hydrogen) atoms. The van der Waals surface area contributed by atoms with Crippen molar-refractivity contribution in [2.24, 2.45) is 0 Å². The molecule has 0 radical (unpaired) electrons. The second-order valence-electron chi connectivity index (χ2n) is 5.50. The number of hydrogen-bond donors (Lipinski definition) is 1. The molecule has 0 aliphatic carbocycles. The van der Waals surface area contributed by atoms with Gasteiger partial charge in [-0.15, -0.1) is 11.3 Å². The molecule has 2 heterocycles. The van der Waals surface area contributed by atoms with Crippen LogP contribution in [0.3, 0.4) is 0 Å². The second-order valence-corrected chi connectivity index (χ2v) is 7.23. The van der Waals surface area contributed by atoms with Crippen molar-refractivity contribution < 1.29 is 9.59 Å². The van der Waals surface area contributed by atoms with Gasteiger partial charge >= 0.3 is 0 Å². The van der Waals surface area contributed by atoms with Gasteiger partial charge in [-0.1, -0.05) is 19.9 Å². The Bertz CT molecular complexity index is 620. The molecule has 4 nitrogen and oxygen atoms in total. The van der Waals surface area contributed by atoms with Crippen LogP contribution >= 0.6 is 22.7 Å². The van der Waals surface area contributed by atoms with Crippen molar-refractivity contribution in [3.63, 3.8) is 0 Å². The van der Waals surface area contributed by atoms with Crippen molar-refractivity contribution in [2.45, 2.75) is 32.7 Å². The minimum Gasteiger partial charge on any atom is -0.354 e. The van der Waals surface area contributed by atoms with Gasteiger partial charge in [0.15, 0.2) is 5.78 Å². The quantitative estimate of drug-likeness (QED) is 0.649. The fraction of sp³-hybridized carbons (Fsp3) is 0.444. The summed E-state index contributed by atoms with van der Waals surface area (Å²) < 4.78 is 0. The van der Waals surface area contributed by atoms with Gasteiger partial charge < -0.3 is 5.32 Å². The first kappa shape index (κ1) is 18.8. The van der Waals surface area contributed by atoms with Crippen LogP contribution in [-0.4, -0.2) is 36.2 Å². The van der Waals surface area contributed by atoms with Crippen LogP contribution in [0.15, 0.2) is 34.3 Å². The summed E-state index contributed by atoms with van der Waals surface area (Å²) in [4.78, 5) is 27.1. The monoisotopic (exact) mass is 364 g/mol. The van der Waals surface area contributed by atoms with Crippen LogP contribution in [0.25, 0.3) is 0 Å². The minimum absolute atomic E-state index is 0.0401. The molecule has 0 bridgehead atoms. The van der Waals surface area contributed by atoms with E-state index >= 15 is 0 Å². The molecule has 1 N–H and O–H groups in total. The van der Waals surface area contributed by atoms with E-state index in [9.17, 15) is 9.59 Å². The van der Waals surface area contributed by atoms with Crippen molar-refractivity contribution >= 4 is 34.4 Å². The molecule has 1 atom stereocenters. The summed E-state index contributed by atoms with van der Waals surface area (Å²) in [7, 11) is 0. The van der Waals surface area contributed by atoms with Gasteiger partial charge in [-0.25, -0.2) is 0 Å². The average Bonchev–Trinajstić information content (AvgIpc) is 3.29. The topological polar surface area (TPSA) is 49.4 Å². The number of rotatable bonds is 10. The van der Waals surface area contributed by atoms with E-state index in [2.05, 4.69) is 40.9 Å². The molecule has 1 amide bonds. The molecule has 6 heteroatoms. The Labute approximate surface area is 151 Å². The maximum Gasteiger partial charge on any atom is 0.220 e. The molecule has 0 spiro atoms. The molecule has 0 aliphatic rings. The maximum atomic E-state index is 12.1. The molecule has 2 rings (SSSR count). The van der Waals surface area contributed by atoms with Gasteiger partial charge in [0.25, 0.3) is 0 Å². The number of likely N-dealkylation sites (N-methyl/N-ethyl adjacent to an activating group) is 1. The number of Topliss-reactive ketones (excluding diaryl/α,β-unsaturated/α-hetero) is 1. The summed E-state index contributed by atoms with van der Waals surface area (Å²) in [6, 6.07) is 5.95. The van der Waals surface area contributed by atoms with E-state index in [0.29, 0.717) is 6.54 Å². The Balaban J connectivity index is 1.84. The highest BCUT2D eigenvalue weighted by molar-refractivity contribution is 7.12. The van der Waals surface area contributed by atoms with Gasteiger partial charge in [-0.05, 0) is 46.9 Å². The van der Waals surface area contributed by atoms with E-state index < -0.39 is 0 Å². The third-order valence-electron chi connectivity index (χ3n) is 4.05. The Morgan fingerprint density at radius 2 is 1.96 bits per heavy atom. The van der Waals surface area contributed by atoms with Gasteiger partial charge in [0, 0.05) is 19.4 Å². The van der Waals surface area contributed by atoms with Gasteiger partial charge in [-0.2, -0.15) is 11.3 Å². The minimum atomic E-state index is -0.0627. The zero-order valence-corrected chi connectivity index (χ0v) is 15.8. The lowest BCUT2D eigenvalue weighted by molar-refractivity contribution is -0.121. The Kier molecular flexibility index (Phi) is 7.62. The molecule has 2 aromatic heterocycles. The van der Waals surface area contributed by atoms with E-state index in [4.69, 9.17) is 0 Å². The van der Waals surface area contributed by atoms with Crippen molar-refractivity contribution in [3.8, 4) is 0 Å². The van der Waals surface area contributed by atoms with Crippen molar-refractivity contribution in [2.75, 3.05) is 19.6 Å². The Morgan fingerprint density at radius 1 is 1.17 bits per heavy atom. The van der Waals surface area contributed by atoms with E-state index in [1.807, 2.05) is 11.4 Å². The Morgan fingerprint density at radius 3 is 2.54 bits per heavy atom. The highest BCUT2D eigenvalue weighted by Gasteiger charge is 2.19. The molecule has 130 valence electrons. The fourth-order valence-corrected chi connectivity index (χ4v) is 4.07. The second kappa shape index (κ2) is 9.71. The molecule has 2 aromatic rings. The normalized spacial score (nSPS) is 12.3. The highest BCUT2D eigenvalue weighted by Crippen LogP contribution is 2.22. The van der Waals surface area contributed by atoms with Crippen LogP contribution in [0.1, 0.15) is 48.0 Å². The lowest BCUT2D eigenvalue weighted by atomic mass is 10.1. The molecule has 0 saturated carbocycles. The first-order valence-corrected chi connectivity index (χ1v) is 10.1. The summed E-state index contributed by atoms with van der Waals surface area (Å²) in [5, 5.41) is 9.07. The third kappa shape index (κ3) is 5.26. The van der Waals surface area contributed by atoms with E-state index in [1.165, 1.54) is 16.9 Å². The number of hydrogen-bond acceptors (Lipinski definition) is 5. The number of nitrogens with zero attached hydrogens (tertiary/aromatic N) is 1. The first-order chi connectivity index (χ1) is 11.7. The number of carbonyl (C=O) groups is 2. The van der Waals surface area contributed by atoms with E-state index in [-0.39, 0.29) is 30.6 Å².